The summed E-state index contributed by atoms with van der Waals surface area (Å²) in [7, 11) is -2.22. The Kier molecular flexibility index (Phi) is 4.99. The quantitative estimate of drug-likeness (QED) is 0.599. The SMILES string of the molecule is COc1cnc2c(Nc3cc([C@]4(C)CS(=O)(=O)C(C)(C)C(N)=N4)c(F)cn3)ccnc2n1. The van der Waals surface area contributed by atoms with Crippen molar-refractivity contribution in [2.75, 3.05) is 18.2 Å². The first-order chi connectivity index (χ1) is 15.0. The molecule has 12 heteroatoms. The summed E-state index contributed by atoms with van der Waals surface area (Å²) in [6.07, 6.45) is 4.00. The van der Waals surface area contributed by atoms with Gasteiger partial charge in [0.1, 0.15) is 33.3 Å². The van der Waals surface area contributed by atoms with E-state index in [1.165, 1.54) is 46.3 Å². The van der Waals surface area contributed by atoms with Crippen molar-refractivity contribution in [1.29, 1.82) is 0 Å². The van der Waals surface area contributed by atoms with Crippen LogP contribution in [0.2, 0.25) is 0 Å². The average molecular weight is 460 g/mol. The molecule has 0 aromatic carbocycles. The minimum absolute atomic E-state index is 0.0585. The Labute approximate surface area is 184 Å². The van der Waals surface area contributed by atoms with Crippen LogP contribution in [0.1, 0.15) is 26.3 Å². The molecule has 0 radical (unpaired) electrons. The lowest BCUT2D eigenvalue weighted by molar-refractivity contribution is 0.397. The number of rotatable bonds is 4. The van der Waals surface area contributed by atoms with Gasteiger partial charge in [0.2, 0.25) is 5.88 Å². The molecular formula is C20H22FN7O3S. The second kappa shape index (κ2) is 7.33. The van der Waals surface area contributed by atoms with Gasteiger partial charge in [-0.2, -0.15) is 4.98 Å². The van der Waals surface area contributed by atoms with E-state index in [1.807, 2.05) is 0 Å². The average Bonchev–Trinajstić information content (AvgIpc) is 2.73. The van der Waals surface area contributed by atoms with E-state index in [0.717, 1.165) is 6.20 Å². The minimum Gasteiger partial charge on any atom is -0.480 e. The van der Waals surface area contributed by atoms with Crippen LogP contribution in [0, 0.1) is 5.82 Å². The number of hydrogen-bond acceptors (Lipinski definition) is 10. The van der Waals surface area contributed by atoms with Gasteiger partial charge in [-0.15, -0.1) is 0 Å². The number of pyridine rings is 2. The summed E-state index contributed by atoms with van der Waals surface area (Å²) in [6.45, 7) is 4.51. The molecular weight excluding hydrogens is 437 g/mol. The van der Waals surface area contributed by atoms with Crippen LogP contribution >= 0.6 is 0 Å². The molecule has 0 saturated heterocycles. The molecule has 4 heterocycles. The number of fused-ring (bicyclic) bond motifs is 1. The summed E-state index contributed by atoms with van der Waals surface area (Å²) in [5, 5.41) is 3.07. The number of ether oxygens (including phenoxy) is 1. The Bertz CT molecular complexity index is 1360. The third-order valence-electron chi connectivity index (χ3n) is 5.57. The van der Waals surface area contributed by atoms with Crippen molar-refractivity contribution in [3.05, 3.63) is 42.1 Å². The number of hydrogen-bond donors (Lipinski definition) is 2. The van der Waals surface area contributed by atoms with Crippen LogP contribution in [0.4, 0.5) is 15.9 Å². The number of amidine groups is 1. The number of nitrogens with two attached hydrogens (primary N) is 1. The van der Waals surface area contributed by atoms with Crippen LogP contribution < -0.4 is 15.8 Å². The number of nitrogens with one attached hydrogen (secondary N) is 1. The highest BCUT2D eigenvalue weighted by atomic mass is 32.2. The van der Waals surface area contributed by atoms with Gasteiger partial charge in [-0.05, 0) is 32.9 Å². The molecule has 3 aromatic rings. The first kappa shape index (κ1) is 21.8. The molecule has 168 valence electrons. The monoisotopic (exact) mass is 459 g/mol. The lowest BCUT2D eigenvalue weighted by Gasteiger charge is -2.37. The van der Waals surface area contributed by atoms with E-state index in [-0.39, 0.29) is 17.2 Å². The maximum Gasteiger partial charge on any atom is 0.234 e. The van der Waals surface area contributed by atoms with Gasteiger partial charge in [0.05, 0.1) is 30.9 Å². The molecule has 0 spiro atoms. The number of sulfone groups is 1. The van der Waals surface area contributed by atoms with Gasteiger partial charge in [-0.3, -0.25) is 4.99 Å². The van der Waals surface area contributed by atoms with E-state index < -0.39 is 31.7 Å². The van der Waals surface area contributed by atoms with E-state index in [9.17, 15) is 12.8 Å². The summed E-state index contributed by atoms with van der Waals surface area (Å²) in [4.78, 5) is 21.2. The van der Waals surface area contributed by atoms with Crippen molar-refractivity contribution in [2.45, 2.75) is 31.1 Å². The molecule has 0 saturated carbocycles. The normalized spacial score (nSPS) is 21.7. The predicted octanol–water partition coefficient (Wildman–Crippen LogP) is 2.09. The molecule has 4 rings (SSSR count). The zero-order chi connectivity index (χ0) is 23.3. The minimum atomic E-state index is -3.69. The van der Waals surface area contributed by atoms with E-state index in [2.05, 4.69) is 30.2 Å². The smallest absolute Gasteiger partial charge is 0.234 e. The second-order valence-electron chi connectivity index (χ2n) is 8.16. The summed E-state index contributed by atoms with van der Waals surface area (Å²) in [6, 6.07) is 3.09. The van der Waals surface area contributed by atoms with Crippen LogP contribution in [-0.4, -0.2) is 51.8 Å². The molecule has 0 unspecified atom stereocenters. The van der Waals surface area contributed by atoms with Gasteiger partial charge in [0, 0.05) is 11.8 Å². The largest absolute Gasteiger partial charge is 0.480 e. The summed E-state index contributed by atoms with van der Waals surface area (Å²) < 4.78 is 44.2. The maximum atomic E-state index is 14.8. The van der Waals surface area contributed by atoms with Crippen molar-refractivity contribution < 1.29 is 17.5 Å². The number of nitrogens with zero attached hydrogens (tertiary/aromatic N) is 5. The van der Waals surface area contributed by atoms with E-state index in [0.29, 0.717) is 22.7 Å². The molecule has 1 atom stereocenters. The van der Waals surface area contributed by atoms with Crippen molar-refractivity contribution in [3.63, 3.8) is 0 Å². The lowest BCUT2D eigenvalue weighted by atomic mass is 9.94. The van der Waals surface area contributed by atoms with E-state index in [1.54, 1.807) is 6.07 Å². The van der Waals surface area contributed by atoms with Gasteiger partial charge >= 0.3 is 0 Å². The third-order valence-corrected chi connectivity index (χ3v) is 8.27. The van der Waals surface area contributed by atoms with Gasteiger partial charge in [-0.1, -0.05) is 0 Å². The first-order valence-corrected chi connectivity index (χ1v) is 11.3. The number of anilines is 2. The highest BCUT2D eigenvalue weighted by molar-refractivity contribution is 7.93. The van der Waals surface area contributed by atoms with Crippen LogP contribution in [-0.2, 0) is 15.4 Å². The summed E-state index contributed by atoms with van der Waals surface area (Å²) >= 11 is 0. The lowest BCUT2D eigenvalue weighted by Crippen LogP contribution is -2.55. The zero-order valence-corrected chi connectivity index (χ0v) is 18.7. The molecule has 3 aromatic heterocycles. The Balaban J connectivity index is 1.77. The number of halogens is 1. The summed E-state index contributed by atoms with van der Waals surface area (Å²) in [5.41, 5.74) is 5.97. The van der Waals surface area contributed by atoms with Crippen molar-refractivity contribution >= 4 is 38.3 Å². The predicted molar refractivity (Wildman–Crippen MR) is 118 cm³/mol. The van der Waals surface area contributed by atoms with Crippen LogP contribution in [0.3, 0.4) is 0 Å². The third kappa shape index (κ3) is 3.49. The van der Waals surface area contributed by atoms with Gasteiger partial charge < -0.3 is 15.8 Å². The van der Waals surface area contributed by atoms with Gasteiger partial charge in [0.15, 0.2) is 15.5 Å². The fourth-order valence-corrected chi connectivity index (χ4v) is 5.13. The highest BCUT2D eigenvalue weighted by Crippen LogP contribution is 2.38. The Morgan fingerprint density at radius 3 is 2.62 bits per heavy atom. The van der Waals surface area contributed by atoms with Crippen molar-refractivity contribution in [3.8, 4) is 5.88 Å². The second-order valence-corrected chi connectivity index (χ2v) is 10.7. The van der Waals surface area contributed by atoms with Crippen LogP contribution in [0.5, 0.6) is 5.88 Å². The number of aromatic nitrogens is 4. The zero-order valence-electron chi connectivity index (χ0n) is 17.9. The number of aliphatic imine (C=N–C) groups is 1. The molecule has 1 aliphatic rings. The molecule has 3 N–H and O–H groups in total. The number of methoxy groups -OCH3 is 1. The standard InChI is InChI=1S/C20H22FN7O3S/c1-19(2)18(22)28-20(3,10-32(19,29)30)11-7-14(24-8-12(11)21)26-13-5-6-23-17-16(13)25-9-15(27-17)31-4/h5-9H,10H2,1-4H3,(H2,22,28)(H,23,24,26,27)/t20-/m0/s1. The molecule has 0 fully saturated rings. The Morgan fingerprint density at radius 2 is 1.94 bits per heavy atom. The fraction of sp³-hybridized carbons (Fsp3) is 0.350. The summed E-state index contributed by atoms with van der Waals surface area (Å²) in [5.74, 6) is -0.565. The van der Waals surface area contributed by atoms with Crippen molar-refractivity contribution in [2.24, 2.45) is 10.7 Å². The maximum absolute atomic E-state index is 14.8. The van der Waals surface area contributed by atoms with E-state index >= 15 is 0 Å². The van der Waals surface area contributed by atoms with Crippen LogP contribution in [0.15, 0.2) is 35.7 Å². The molecule has 0 bridgehead atoms. The highest BCUT2D eigenvalue weighted by Gasteiger charge is 2.49. The van der Waals surface area contributed by atoms with E-state index in [4.69, 9.17) is 10.5 Å². The molecule has 32 heavy (non-hydrogen) atoms. The topological polar surface area (TPSA) is 145 Å². The fourth-order valence-electron chi connectivity index (χ4n) is 3.44. The first-order valence-electron chi connectivity index (χ1n) is 9.64. The van der Waals surface area contributed by atoms with Gasteiger partial charge in [-0.25, -0.2) is 27.8 Å². The van der Waals surface area contributed by atoms with Crippen molar-refractivity contribution in [1.82, 2.24) is 19.9 Å². The van der Waals surface area contributed by atoms with Gasteiger partial charge in [0.25, 0.3) is 0 Å². The Morgan fingerprint density at radius 1 is 1.19 bits per heavy atom. The van der Waals surface area contributed by atoms with Crippen LogP contribution in [0.25, 0.3) is 11.2 Å². The molecule has 0 aliphatic carbocycles. The molecule has 10 nitrogen and oxygen atoms in total. The molecule has 1 aliphatic heterocycles. The molecule has 0 amide bonds. The Hall–Kier alpha value is -3.41.